The molecule has 0 atom stereocenters. The SMILES string of the molecule is Clc1ccc2oc3ccccc3c2c1-c1nc(-c2cccc3oc4ccccc4c23)nc(-c2cccc3oc4ccccc4c23)n1. The number of nitrogens with zero attached hydrogens (tertiary/aromatic N) is 3. The third-order valence-corrected chi connectivity index (χ3v) is 8.95. The van der Waals surface area contributed by atoms with Gasteiger partial charge in [0.05, 0.1) is 5.02 Å². The number of halogens is 1. The van der Waals surface area contributed by atoms with Crippen LogP contribution < -0.4 is 0 Å². The average molecular weight is 614 g/mol. The van der Waals surface area contributed by atoms with Gasteiger partial charge >= 0.3 is 0 Å². The van der Waals surface area contributed by atoms with Crippen LogP contribution >= 0.6 is 11.6 Å². The third-order valence-electron chi connectivity index (χ3n) is 8.64. The van der Waals surface area contributed by atoms with Gasteiger partial charge in [-0.2, -0.15) is 0 Å². The summed E-state index contributed by atoms with van der Waals surface area (Å²) in [5.41, 5.74) is 6.92. The number of aromatic nitrogens is 3. The van der Waals surface area contributed by atoms with Gasteiger partial charge < -0.3 is 13.3 Å². The van der Waals surface area contributed by atoms with E-state index in [4.69, 9.17) is 39.8 Å². The van der Waals surface area contributed by atoms with Crippen LogP contribution in [0.5, 0.6) is 0 Å². The standard InChI is InChI=1S/C39H20ClN3O3/c40-26-19-20-32-35(23-11-3-6-16-29(23)46-32)36(26)39-42-37(24-12-7-17-30-33(24)21-9-1-4-14-27(21)44-30)41-38(43-39)25-13-8-18-31-34(25)22-10-2-5-15-28(22)45-31/h1-20H. The van der Waals surface area contributed by atoms with Gasteiger partial charge in [-0.1, -0.05) is 90.5 Å². The highest BCUT2D eigenvalue weighted by Crippen LogP contribution is 2.43. The van der Waals surface area contributed by atoms with Gasteiger partial charge in [0.1, 0.15) is 33.5 Å². The molecule has 10 rings (SSSR count). The lowest BCUT2D eigenvalue weighted by Crippen LogP contribution is -2.01. The summed E-state index contributed by atoms with van der Waals surface area (Å²) in [6.07, 6.45) is 0. The molecule has 0 aliphatic carbocycles. The summed E-state index contributed by atoms with van der Waals surface area (Å²) >= 11 is 7.03. The van der Waals surface area contributed by atoms with Crippen LogP contribution in [-0.4, -0.2) is 15.0 Å². The quantitative estimate of drug-likeness (QED) is 0.197. The van der Waals surface area contributed by atoms with Crippen molar-refractivity contribution in [2.24, 2.45) is 0 Å². The van der Waals surface area contributed by atoms with Gasteiger partial charge in [-0.25, -0.2) is 15.0 Å². The second-order valence-electron chi connectivity index (χ2n) is 11.3. The van der Waals surface area contributed by atoms with Crippen LogP contribution in [0, 0.1) is 0 Å². The molecule has 0 N–H and O–H groups in total. The number of fused-ring (bicyclic) bond motifs is 9. The van der Waals surface area contributed by atoms with E-state index in [1.807, 2.05) is 109 Å². The number of hydrogen-bond acceptors (Lipinski definition) is 6. The van der Waals surface area contributed by atoms with E-state index >= 15 is 0 Å². The summed E-state index contributed by atoms with van der Waals surface area (Å²) in [6.45, 7) is 0. The maximum Gasteiger partial charge on any atom is 0.166 e. The zero-order valence-electron chi connectivity index (χ0n) is 24.0. The summed E-state index contributed by atoms with van der Waals surface area (Å²) in [6, 6.07) is 39.6. The fourth-order valence-electron chi connectivity index (χ4n) is 6.66. The van der Waals surface area contributed by atoms with Gasteiger partial charge in [0, 0.05) is 49.0 Å². The third kappa shape index (κ3) is 3.62. The first-order valence-electron chi connectivity index (χ1n) is 14.9. The average Bonchev–Trinajstić information content (AvgIpc) is 3.79. The Morgan fingerprint density at radius 1 is 0.370 bits per heavy atom. The molecule has 6 nitrogen and oxygen atoms in total. The number of hydrogen-bond donors (Lipinski definition) is 0. The van der Waals surface area contributed by atoms with Crippen molar-refractivity contribution in [3.8, 4) is 34.2 Å². The van der Waals surface area contributed by atoms with Crippen molar-refractivity contribution in [1.82, 2.24) is 15.0 Å². The molecule has 4 heterocycles. The lowest BCUT2D eigenvalue weighted by Gasteiger charge is -2.11. The van der Waals surface area contributed by atoms with E-state index in [9.17, 15) is 0 Å². The number of para-hydroxylation sites is 3. The largest absolute Gasteiger partial charge is 0.456 e. The summed E-state index contributed by atoms with van der Waals surface area (Å²) in [5.74, 6) is 1.45. The molecule has 0 aliphatic heterocycles. The summed E-state index contributed by atoms with van der Waals surface area (Å²) in [7, 11) is 0. The Kier molecular flexibility index (Phi) is 5.24. The Morgan fingerprint density at radius 3 is 1.30 bits per heavy atom. The van der Waals surface area contributed by atoms with E-state index in [0.717, 1.165) is 71.4 Å². The van der Waals surface area contributed by atoms with E-state index in [1.165, 1.54) is 0 Å². The van der Waals surface area contributed by atoms with Crippen LogP contribution in [0.15, 0.2) is 135 Å². The van der Waals surface area contributed by atoms with Crippen molar-refractivity contribution in [1.29, 1.82) is 0 Å². The molecule has 0 saturated heterocycles. The van der Waals surface area contributed by atoms with Gasteiger partial charge in [0.15, 0.2) is 17.5 Å². The van der Waals surface area contributed by atoms with Crippen LogP contribution in [-0.2, 0) is 0 Å². The Bertz CT molecular complexity index is 2710. The fourth-order valence-corrected chi connectivity index (χ4v) is 6.90. The zero-order valence-corrected chi connectivity index (χ0v) is 24.7. The molecule has 0 fully saturated rings. The predicted molar refractivity (Wildman–Crippen MR) is 183 cm³/mol. The van der Waals surface area contributed by atoms with E-state index in [0.29, 0.717) is 33.6 Å². The molecule has 0 bridgehead atoms. The molecule has 46 heavy (non-hydrogen) atoms. The molecule has 216 valence electrons. The molecule has 7 heteroatoms. The Labute approximate surface area is 265 Å². The first-order valence-corrected chi connectivity index (χ1v) is 15.3. The van der Waals surface area contributed by atoms with Gasteiger partial charge in [-0.15, -0.1) is 0 Å². The molecule has 0 amide bonds. The van der Waals surface area contributed by atoms with Crippen molar-refractivity contribution >= 4 is 77.4 Å². The highest BCUT2D eigenvalue weighted by atomic mass is 35.5. The fraction of sp³-hybridized carbons (Fsp3) is 0. The zero-order chi connectivity index (χ0) is 30.4. The molecule has 0 spiro atoms. The van der Waals surface area contributed by atoms with Crippen LogP contribution in [0.25, 0.3) is 100.0 Å². The molecule has 0 unspecified atom stereocenters. The predicted octanol–water partition coefficient (Wildman–Crippen LogP) is 11.2. The smallest absolute Gasteiger partial charge is 0.166 e. The molecule has 6 aromatic carbocycles. The van der Waals surface area contributed by atoms with Crippen molar-refractivity contribution in [2.45, 2.75) is 0 Å². The Morgan fingerprint density at radius 2 is 0.783 bits per heavy atom. The minimum atomic E-state index is 0.441. The van der Waals surface area contributed by atoms with E-state index in [1.54, 1.807) is 0 Å². The second-order valence-corrected chi connectivity index (χ2v) is 11.7. The van der Waals surface area contributed by atoms with Gasteiger partial charge in [-0.3, -0.25) is 0 Å². The molecule has 4 aromatic heterocycles. The van der Waals surface area contributed by atoms with Crippen LogP contribution in [0.1, 0.15) is 0 Å². The van der Waals surface area contributed by atoms with E-state index in [2.05, 4.69) is 12.1 Å². The maximum absolute atomic E-state index is 7.03. The minimum Gasteiger partial charge on any atom is -0.456 e. The van der Waals surface area contributed by atoms with E-state index in [-0.39, 0.29) is 0 Å². The molecule has 0 saturated carbocycles. The summed E-state index contributed by atoms with van der Waals surface area (Å²) in [5, 5.41) is 6.15. The molecule has 10 aromatic rings. The monoisotopic (exact) mass is 613 g/mol. The molecule has 0 aliphatic rings. The van der Waals surface area contributed by atoms with Crippen LogP contribution in [0.4, 0.5) is 0 Å². The van der Waals surface area contributed by atoms with Gasteiger partial charge in [0.25, 0.3) is 0 Å². The second kappa shape index (κ2) is 9.51. The summed E-state index contributed by atoms with van der Waals surface area (Å²) in [4.78, 5) is 15.5. The van der Waals surface area contributed by atoms with Crippen molar-refractivity contribution < 1.29 is 13.3 Å². The first-order chi connectivity index (χ1) is 22.7. The highest BCUT2D eigenvalue weighted by molar-refractivity contribution is 6.36. The van der Waals surface area contributed by atoms with E-state index < -0.39 is 0 Å². The summed E-state index contributed by atoms with van der Waals surface area (Å²) < 4.78 is 18.7. The Hall–Kier alpha value is -5.98. The Balaban J connectivity index is 1.34. The number of benzene rings is 6. The number of rotatable bonds is 3. The van der Waals surface area contributed by atoms with Gasteiger partial charge in [-0.05, 0) is 42.5 Å². The van der Waals surface area contributed by atoms with Crippen molar-refractivity contribution in [3.63, 3.8) is 0 Å². The lowest BCUT2D eigenvalue weighted by molar-refractivity contribution is 0.668. The minimum absolute atomic E-state index is 0.441. The number of furan rings is 3. The first kappa shape index (κ1) is 25.4. The topological polar surface area (TPSA) is 78.1 Å². The molecular formula is C39H20ClN3O3. The highest BCUT2D eigenvalue weighted by Gasteiger charge is 2.23. The molecule has 0 radical (unpaired) electrons. The van der Waals surface area contributed by atoms with Crippen molar-refractivity contribution in [2.75, 3.05) is 0 Å². The van der Waals surface area contributed by atoms with Gasteiger partial charge in [0.2, 0.25) is 0 Å². The van der Waals surface area contributed by atoms with Crippen molar-refractivity contribution in [3.05, 3.63) is 126 Å². The van der Waals surface area contributed by atoms with Crippen LogP contribution in [0.3, 0.4) is 0 Å². The maximum atomic E-state index is 7.03. The normalized spacial score (nSPS) is 12.0. The van der Waals surface area contributed by atoms with Crippen LogP contribution in [0.2, 0.25) is 5.02 Å². The molecular weight excluding hydrogens is 594 g/mol. The lowest BCUT2D eigenvalue weighted by atomic mass is 10.0.